The molecule has 1 aromatic heterocycles. The van der Waals surface area contributed by atoms with Crippen LogP contribution in [0.4, 0.5) is 4.39 Å². The Labute approximate surface area is 107 Å². The highest BCUT2D eigenvalue weighted by atomic mass is 19.1. The van der Waals surface area contributed by atoms with Crippen LogP contribution in [-0.4, -0.2) is 30.4 Å². The second-order valence-corrected chi connectivity index (χ2v) is 5.30. The predicted molar refractivity (Wildman–Crippen MR) is 66.5 cm³/mol. The first-order chi connectivity index (χ1) is 8.28. The number of aromatic nitrogens is 1. The third-order valence-electron chi connectivity index (χ3n) is 3.58. The van der Waals surface area contributed by atoms with Gasteiger partial charge in [0.15, 0.2) is 0 Å². The Morgan fingerprint density at radius 1 is 1.22 bits per heavy atom. The molecule has 1 saturated heterocycles. The zero-order valence-electron chi connectivity index (χ0n) is 11.3. The zero-order valence-corrected chi connectivity index (χ0v) is 11.3. The minimum atomic E-state index is -0.807. The summed E-state index contributed by atoms with van der Waals surface area (Å²) in [5, 5.41) is 0. The number of rotatable bonds is 2. The topological polar surface area (TPSA) is 40.6 Å². The molecule has 1 aliphatic heterocycles. The van der Waals surface area contributed by atoms with E-state index in [-0.39, 0.29) is 11.3 Å². The van der Waals surface area contributed by atoms with E-state index in [2.05, 4.69) is 4.98 Å². The highest BCUT2D eigenvalue weighted by Gasteiger charge is 2.53. The van der Waals surface area contributed by atoms with Crippen LogP contribution in [0.2, 0.25) is 0 Å². The van der Waals surface area contributed by atoms with Crippen LogP contribution in [0.5, 0.6) is 5.88 Å². The molecule has 0 bridgehead atoms. The van der Waals surface area contributed by atoms with Gasteiger partial charge >= 0.3 is 7.12 Å². The van der Waals surface area contributed by atoms with E-state index in [1.165, 1.54) is 19.4 Å². The monoisotopic (exact) mass is 253 g/mol. The fourth-order valence-corrected chi connectivity index (χ4v) is 1.77. The summed E-state index contributed by atoms with van der Waals surface area (Å²) in [7, 11) is 0.634. The molecule has 6 heteroatoms. The van der Waals surface area contributed by atoms with E-state index < -0.39 is 24.1 Å². The second kappa shape index (κ2) is 4.21. The molecule has 0 radical (unpaired) electrons. The van der Waals surface area contributed by atoms with Crippen molar-refractivity contribution in [3.05, 3.63) is 18.1 Å². The van der Waals surface area contributed by atoms with Crippen LogP contribution in [0.25, 0.3) is 0 Å². The van der Waals surface area contributed by atoms with Gasteiger partial charge in [0.25, 0.3) is 0 Å². The molecule has 0 aliphatic carbocycles. The van der Waals surface area contributed by atoms with Crippen molar-refractivity contribution in [3.8, 4) is 5.88 Å². The Morgan fingerprint density at radius 2 is 1.78 bits per heavy atom. The van der Waals surface area contributed by atoms with Crippen molar-refractivity contribution in [2.24, 2.45) is 0 Å². The Morgan fingerprint density at radius 3 is 2.28 bits per heavy atom. The molecule has 98 valence electrons. The molecule has 0 amide bonds. The molecule has 18 heavy (non-hydrogen) atoms. The van der Waals surface area contributed by atoms with Crippen molar-refractivity contribution in [2.75, 3.05) is 7.11 Å². The van der Waals surface area contributed by atoms with E-state index in [0.29, 0.717) is 0 Å². The maximum atomic E-state index is 13.9. The van der Waals surface area contributed by atoms with Gasteiger partial charge < -0.3 is 14.0 Å². The lowest BCUT2D eigenvalue weighted by molar-refractivity contribution is 0.00578. The Balaban J connectivity index is 2.41. The van der Waals surface area contributed by atoms with Crippen LogP contribution in [0.1, 0.15) is 27.7 Å². The molecule has 1 aliphatic rings. The lowest BCUT2D eigenvalue weighted by atomic mass is 9.79. The van der Waals surface area contributed by atoms with Crippen LogP contribution < -0.4 is 10.2 Å². The molecule has 2 rings (SSSR count). The van der Waals surface area contributed by atoms with Crippen LogP contribution >= 0.6 is 0 Å². The van der Waals surface area contributed by atoms with Gasteiger partial charge in [0.1, 0.15) is 5.82 Å². The molecule has 0 N–H and O–H groups in total. The summed E-state index contributed by atoms with van der Waals surface area (Å²) in [4.78, 5) is 3.98. The Hall–Kier alpha value is -1.14. The van der Waals surface area contributed by atoms with E-state index in [0.717, 1.165) is 0 Å². The van der Waals surface area contributed by atoms with Gasteiger partial charge in [0, 0.05) is 6.20 Å². The highest BCUT2D eigenvalue weighted by molar-refractivity contribution is 6.63. The van der Waals surface area contributed by atoms with Crippen molar-refractivity contribution in [2.45, 2.75) is 38.9 Å². The number of methoxy groups -OCH3 is 1. The molecule has 1 aromatic rings. The van der Waals surface area contributed by atoms with Crippen LogP contribution in [0.3, 0.4) is 0 Å². The number of hydrogen-bond donors (Lipinski definition) is 0. The van der Waals surface area contributed by atoms with Gasteiger partial charge in [0.05, 0.1) is 23.8 Å². The van der Waals surface area contributed by atoms with Crippen molar-refractivity contribution < 1.29 is 18.4 Å². The molecular weight excluding hydrogens is 236 g/mol. The van der Waals surface area contributed by atoms with Gasteiger partial charge in [-0.25, -0.2) is 9.37 Å². The summed E-state index contributed by atoms with van der Waals surface area (Å²) in [5.41, 5.74) is -0.839. The van der Waals surface area contributed by atoms with Crippen LogP contribution in [0.15, 0.2) is 12.3 Å². The minimum absolute atomic E-state index is 0.188. The van der Waals surface area contributed by atoms with E-state index in [9.17, 15) is 4.39 Å². The second-order valence-electron chi connectivity index (χ2n) is 5.30. The fourth-order valence-electron chi connectivity index (χ4n) is 1.77. The van der Waals surface area contributed by atoms with Gasteiger partial charge in [-0.3, -0.25) is 0 Å². The number of halogens is 1. The Bertz CT molecular complexity index is 449. The molecule has 0 saturated carbocycles. The van der Waals surface area contributed by atoms with Crippen molar-refractivity contribution in [1.82, 2.24) is 4.98 Å². The maximum Gasteiger partial charge on any atom is 0.503 e. The van der Waals surface area contributed by atoms with E-state index in [1.54, 1.807) is 0 Å². The lowest BCUT2D eigenvalue weighted by Crippen LogP contribution is -2.41. The summed E-state index contributed by atoms with van der Waals surface area (Å²) in [6, 6.07) is 1.27. The Kier molecular flexibility index (Phi) is 3.11. The predicted octanol–water partition coefficient (Wildman–Crippen LogP) is 1.53. The molecule has 2 heterocycles. The van der Waals surface area contributed by atoms with Gasteiger partial charge in [-0.2, -0.15) is 0 Å². The van der Waals surface area contributed by atoms with E-state index in [1.807, 2.05) is 27.7 Å². The smallest absolute Gasteiger partial charge is 0.481 e. The SMILES string of the molecule is COc1nccc(F)c1B1OC(C)(C)C(C)(C)O1. The summed E-state index contributed by atoms with van der Waals surface area (Å²) >= 11 is 0. The third-order valence-corrected chi connectivity index (χ3v) is 3.58. The van der Waals surface area contributed by atoms with Crippen molar-refractivity contribution in [3.63, 3.8) is 0 Å². The van der Waals surface area contributed by atoms with E-state index in [4.69, 9.17) is 14.0 Å². The normalized spacial score (nSPS) is 21.1. The standard InChI is InChI=1S/C12H17BFNO3/c1-11(2)12(3,4)18-13(17-11)9-8(14)6-7-15-10(9)16-5/h6-7H,1-5H3. The first kappa shape index (κ1) is 13.3. The molecule has 4 nitrogen and oxygen atoms in total. The average Bonchev–Trinajstić information content (AvgIpc) is 2.47. The van der Waals surface area contributed by atoms with E-state index >= 15 is 0 Å². The summed E-state index contributed by atoms with van der Waals surface area (Å²) < 4.78 is 30.6. The molecule has 0 aromatic carbocycles. The van der Waals surface area contributed by atoms with Crippen molar-refractivity contribution in [1.29, 1.82) is 0 Å². The van der Waals surface area contributed by atoms with Gasteiger partial charge in [-0.1, -0.05) is 0 Å². The lowest BCUT2D eigenvalue weighted by Gasteiger charge is -2.32. The minimum Gasteiger partial charge on any atom is -0.481 e. The van der Waals surface area contributed by atoms with Crippen LogP contribution in [0, 0.1) is 5.82 Å². The van der Waals surface area contributed by atoms with Gasteiger partial charge in [-0.05, 0) is 33.8 Å². The quantitative estimate of drug-likeness (QED) is 0.749. The summed E-state index contributed by atoms with van der Waals surface area (Å²) in [6.07, 6.45) is 1.35. The third kappa shape index (κ3) is 1.99. The van der Waals surface area contributed by atoms with Crippen LogP contribution in [-0.2, 0) is 9.31 Å². The number of ether oxygens (including phenoxy) is 1. The summed E-state index contributed by atoms with van der Waals surface area (Å²) in [6.45, 7) is 7.64. The molecule has 1 fully saturated rings. The molecule has 0 unspecified atom stereocenters. The molecule has 0 atom stereocenters. The number of hydrogen-bond acceptors (Lipinski definition) is 4. The largest absolute Gasteiger partial charge is 0.503 e. The first-order valence-electron chi connectivity index (χ1n) is 5.82. The number of pyridine rings is 1. The van der Waals surface area contributed by atoms with Gasteiger partial charge in [0.2, 0.25) is 5.88 Å². The first-order valence-corrected chi connectivity index (χ1v) is 5.82. The zero-order chi connectivity index (χ0) is 13.6. The molecular formula is C12H17BFNO3. The highest BCUT2D eigenvalue weighted by Crippen LogP contribution is 2.37. The van der Waals surface area contributed by atoms with Crippen molar-refractivity contribution >= 4 is 12.6 Å². The molecule has 0 spiro atoms. The summed E-state index contributed by atoms with van der Waals surface area (Å²) in [5.74, 6) is -0.256. The number of nitrogens with zero attached hydrogens (tertiary/aromatic N) is 1. The average molecular weight is 253 g/mol. The fraction of sp³-hybridized carbons (Fsp3) is 0.583. The van der Waals surface area contributed by atoms with Gasteiger partial charge in [-0.15, -0.1) is 0 Å². The maximum absolute atomic E-state index is 13.9.